The van der Waals surface area contributed by atoms with Crippen LogP contribution in [0, 0.1) is 0 Å². The Labute approximate surface area is 123 Å². The van der Waals surface area contributed by atoms with Crippen LogP contribution < -0.4 is 5.73 Å². The Bertz CT molecular complexity index is 498. The van der Waals surface area contributed by atoms with Gasteiger partial charge in [0.15, 0.2) is 0 Å². The van der Waals surface area contributed by atoms with Gasteiger partial charge in [0.2, 0.25) is 0 Å². The lowest BCUT2D eigenvalue weighted by Crippen LogP contribution is -2.41. The van der Waals surface area contributed by atoms with Gasteiger partial charge in [-0.2, -0.15) is 0 Å². The molecular formula is C14H19BBrNO2. The van der Waals surface area contributed by atoms with E-state index in [2.05, 4.69) is 15.9 Å². The van der Waals surface area contributed by atoms with Gasteiger partial charge < -0.3 is 15.0 Å². The average Bonchev–Trinajstić information content (AvgIpc) is 2.49. The number of benzene rings is 1. The maximum atomic E-state index is 5.89. The fourth-order valence-corrected chi connectivity index (χ4v) is 2.07. The van der Waals surface area contributed by atoms with Crippen LogP contribution in [-0.4, -0.2) is 18.3 Å². The average molecular weight is 324 g/mol. The summed E-state index contributed by atoms with van der Waals surface area (Å²) in [4.78, 5) is 0. The quantitative estimate of drug-likeness (QED) is 0.667. The first-order valence-corrected chi connectivity index (χ1v) is 7.09. The maximum absolute atomic E-state index is 5.89. The van der Waals surface area contributed by atoms with Crippen molar-refractivity contribution in [1.82, 2.24) is 0 Å². The predicted molar refractivity (Wildman–Crippen MR) is 83.7 cm³/mol. The molecule has 3 nitrogen and oxygen atoms in total. The van der Waals surface area contributed by atoms with Crippen molar-refractivity contribution in [3.63, 3.8) is 0 Å². The van der Waals surface area contributed by atoms with Crippen LogP contribution in [0.15, 0.2) is 28.6 Å². The second-order valence-electron chi connectivity index (χ2n) is 5.76. The van der Waals surface area contributed by atoms with Gasteiger partial charge in [-0.3, -0.25) is 0 Å². The molecule has 1 aliphatic heterocycles. The number of hydrogen-bond donors (Lipinski definition) is 1. The van der Waals surface area contributed by atoms with Crippen molar-refractivity contribution in [2.75, 3.05) is 5.73 Å². The zero-order valence-corrected chi connectivity index (χ0v) is 13.3. The van der Waals surface area contributed by atoms with Gasteiger partial charge in [-0.15, -0.1) is 0 Å². The van der Waals surface area contributed by atoms with E-state index in [0.717, 1.165) is 15.7 Å². The van der Waals surface area contributed by atoms with E-state index in [-0.39, 0.29) is 18.3 Å². The summed E-state index contributed by atoms with van der Waals surface area (Å²) >= 11 is 3.38. The highest BCUT2D eigenvalue weighted by atomic mass is 79.9. The molecule has 0 spiro atoms. The van der Waals surface area contributed by atoms with Crippen LogP contribution in [-0.2, 0) is 9.31 Å². The van der Waals surface area contributed by atoms with Gasteiger partial charge in [-0.1, -0.05) is 18.1 Å². The third-order valence-electron chi connectivity index (χ3n) is 3.74. The molecular weight excluding hydrogens is 305 g/mol. The molecule has 0 saturated carbocycles. The van der Waals surface area contributed by atoms with Crippen LogP contribution in [0.5, 0.6) is 0 Å². The normalized spacial score (nSPS) is 21.2. The van der Waals surface area contributed by atoms with E-state index in [1.165, 1.54) is 0 Å². The molecule has 0 atom stereocenters. The predicted octanol–water partition coefficient (Wildman–Crippen LogP) is 3.68. The van der Waals surface area contributed by atoms with E-state index in [1.807, 2.05) is 57.9 Å². The molecule has 5 heteroatoms. The van der Waals surface area contributed by atoms with Crippen LogP contribution in [0.3, 0.4) is 0 Å². The molecule has 0 aromatic heterocycles. The molecule has 102 valence electrons. The summed E-state index contributed by atoms with van der Waals surface area (Å²) in [5.41, 5.74) is 6.98. The molecule has 1 fully saturated rings. The van der Waals surface area contributed by atoms with Gasteiger partial charge in [0, 0.05) is 10.2 Å². The number of nitrogens with two attached hydrogens (primary N) is 1. The van der Waals surface area contributed by atoms with Gasteiger partial charge in [0.25, 0.3) is 0 Å². The number of hydrogen-bond acceptors (Lipinski definition) is 3. The molecule has 2 rings (SSSR count). The monoisotopic (exact) mass is 323 g/mol. The minimum absolute atomic E-state index is 0.305. The summed E-state index contributed by atoms with van der Waals surface area (Å²) < 4.78 is 12.7. The van der Waals surface area contributed by atoms with E-state index < -0.39 is 0 Å². The Morgan fingerprint density at radius 2 is 1.74 bits per heavy atom. The van der Waals surface area contributed by atoms with E-state index in [1.54, 1.807) is 0 Å². The summed E-state index contributed by atoms with van der Waals surface area (Å²) in [6.45, 7) is 8.16. The van der Waals surface area contributed by atoms with Crippen LogP contribution in [0.2, 0.25) is 0 Å². The second kappa shape index (κ2) is 4.96. The number of nitrogen functional groups attached to an aromatic ring is 1. The molecule has 19 heavy (non-hydrogen) atoms. The first-order valence-electron chi connectivity index (χ1n) is 6.30. The second-order valence-corrected chi connectivity index (χ2v) is 6.62. The molecule has 0 bridgehead atoms. The molecule has 2 N–H and O–H groups in total. The molecule has 0 aliphatic carbocycles. The van der Waals surface area contributed by atoms with Crippen LogP contribution in [0.25, 0.3) is 6.08 Å². The Morgan fingerprint density at radius 3 is 2.26 bits per heavy atom. The van der Waals surface area contributed by atoms with Gasteiger partial charge in [0.05, 0.1) is 11.2 Å². The fraction of sp³-hybridized carbons (Fsp3) is 0.429. The summed E-state index contributed by atoms with van der Waals surface area (Å²) in [5.74, 6) is 1.92. The molecule has 1 aliphatic rings. The highest BCUT2D eigenvalue weighted by Crippen LogP contribution is 2.37. The Morgan fingerprint density at radius 1 is 1.16 bits per heavy atom. The summed E-state index contributed by atoms with van der Waals surface area (Å²) in [5, 5.41) is 0. The minimum atomic E-state index is -0.324. The van der Waals surface area contributed by atoms with E-state index in [0.29, 0.717) is 0 Å². The summed E-state index contributed by atoms with van der Waals surface area (Å²) in [6, 6.07) is 5.83. The van der Waals surface area contributed by atoms with Crippen LogP contribution in [0.4, 0.5) is 5.69 Å². The molecule has 0 unspecified atom stereocenters. The van der Waals surface area contributed by atoms with Gasteiger partial charge in [0.1, 0.15) is 0 Å². The third kappa shape index (κ3) is 3.04. The van der Waals surface area contributed by atoms with Crippen molar-refractivity contribution in [2.45, 2.75) is 38.9 Å². The lowest BCUT2D eigenvalue weighted by Gasteiger charge is -2.32. The summed E-state index contributed by atoms with van der Waals surface area (Å²) in [6.07, 6.45) is 1.96. The van der Waals surface area contributed by atoms with Crippen molar-refractivity contribution in [3.8, 4) is 0 Å². The smallest absolute Gasteiger partial charge is 0.400 e. The maximum Gasteiger partial charge on any atom is 0.487 e. The molecule has 1 heterocycles. The number of rotatable bonds is 2. The van der Waals surface area contributed by atoms with Crippen molar-refractivity contribution in [2.24, 2.45) is 0 Å². The van der Waals surface area contributed by atoms with E-state index in [4.69, 9.17) is 15.0 Å². The first-order chi connectivity index (χ1) is 8.71. The van der Waals surface area contributed by atoms with Crippen molar-refractivity contribution >= 4 is 34.8 Å². The highest BCUT2D eigenvalue weighted by molar-refractivity contribution is 9.10. The topological polar surface area (TPSA) is 44.5 Å². The minimum Gasteiger partial charge on any atom is -0.400 e. The lowest BCUT2D eigenvalue weighted by molar-refractivity contribution is 0.00578. The SMILES string of the molecule is CC1(C)OB(C=Cc2ccc(Br)c(N)c2)OC1(C)C. The van der Waals surface area contributed by atoms with E-state index >= 15 is 0 Å². The van der Waals surface area contributed by atoms with Gasteiger partial charge >= 0.3 is 7.12 Å². The largest absolute Gasteiger partial charge is 0.487 e. The lowest BCUT2D eigenvalue weighted by atomic mass is 9.89. The zero-order chi connectivity index (χ0) is 14.3. The third-order valence-corrected chi connectivity index (χ3v) is 4.46. The number of halogens is 1. The van der Waals surface area contributed by atoms with Crippen LogP contribution >= 0.6 is 15.9 Å². The molecule has 0 radical (unpaired) electrons. The van der Waals surface area contributed by atoms with Crippen molar-refractivity contribution in [1.29, 1.82) is 0 Å². The molecule has 1 aromatic carbocycles. The zero-order valence-electron chi connectivity index (χ0n) is 11.7. The molecule has 1 aromatic rings. The van der Waals surface area contributed by atoms with E-state index in [9.17, 15) is 0 Å². The van der Waals surface area contributed by atoms with Gasteiger partial charge in [-0.05, 0) is 61.3 Å². The fourth-order valence-electron chi connectivity index (χ4n) is 1.82. The Balaban J connectivity index is 2.10. The summed E-state index contributed by atoms with van der Waals surface area (Å²) in [7, 11) is -0.324. The standard InChI is InChI=1S/C14H19BBrNO2/c1-13(2)14(3,4)19-15(18-13)8-7-10-5-6-11(16)12(17)9-10/h5-9H,17H2,1-4H3. The highest BCUT2D eigenvalue weighted by Gasteiger charge is 2.49. The molecule has 1 saturated heterocycles. The van der Waals surface area contributed by atoms with Crippen molar-refractivity contribution < 1.29 is 9.31 Å². The molecule has 0 amide bonds. The van der Waals surface area contributed by atoms with Crippen molar-refractivity contribution in [3.05, 3.63) is 34.2 Å². The Kier molecular flexibility index (Phi) is 3.82. The first kappa shape index (κ1) is 14.6. The van der Waals surface area contributed by atoms with Crippen LogP contribution in [0.1, 0.15) is 33.3 Å². The van der Waals surface area contributed by atoms with Gasteiger partial charge in [-0.25, -0.2) is 0 Å². The number of anilines is 1. The Hall–Kier alpha value is -0.775.